The van der Waals surface area contributed by atoms with Crippen molar-refractivity contribution in [2.75, 3.05) is 0 Å². The fourth-order valence-electron chi connectivity index (χ4n) is 3.71. The van der Waals surface area contributed by atoms with Crippen LogP contribution in [0.15, 0.2) is 29.1 Å². The molecule has 3 aromatic rings. The van der Waals surface area contributed by atoms with Crippen LogP contribution in [0.1, 0.15) is 59.4 Å². The lowest BCUT2D eigenvalue weighted by molar-refractivity contribution is 0.0523. The number of fused-ring (bicyclic) bond motifs is 3. The van der Waals surface area contributed by atoms with Crippen molar-refractivity contribution in [1.82, 2.24) is 20.6 Å². The number of amides is 2. The van der Waals surface area contributed by atoms with E-state index in [1.807, 2.05) is 24.3 Å². The third-order valence-electron chi connectivity index (χ3n) is 5.07. The number of rotatable bonds is 5. The highest BCUT2D eigenvalue weighted by Crippen LogP contribution is 2.34. The molecular weight excluding hydrogens is 428 g/mol. The number of aryl methyl sites for hydroxylation is 2. The molecule has 1 aliphatic rings. The van der Waals surface area contributed by atoms with Gasteiger partial charge in [0.05, 0.1) is 5.39 Å². The van der Waals surface area contributed by atoms with Crippen molar-refractivity contribution in [3.63, 3.8) is 0 Å². The number of aromatic amines is 1. The van der Waals surface area contributed by atoms with Crippen molar-refractivity contribution >= 4 is 33.6 Å². The Balaban J connectivity index is 1.39. The summed E-state index contributed by atoms with van der Waals surface area (Å²) in [6.45, 7) is 6.00. The normalized spacial score (nSPS) is 13.1. The fraction of sp³-hybridized carbons (Fsp3) is 0.391. The van der Waals surface area contributed by atoms with Gasteiger partial charge in [0, 0.05) is 18.0 Å². The largest absolute Gasteiger partial charge is 0.444 e. The number of alkyl carbamates (subject to hydrolysis) is 1. The Labute approximate surface area is 189 Å². The molecule has 3 N–H and O–H groups in total. The van der Waals surface area contributed by atoms with Crippen molar-refractivity contribution in [3.05, 3.63) is 62.0 Å². The molecule has 9 heteroatoms. The third kappa shape index (κ3) is 4.99. The number of benzene rings is 1. The Hall–Kier alpha value is -3.20. The van der Waals surface area contributed by atoms with Crippen molar-refractivity contribution in [3.8, 4) is 0 Å². The zero-order valence-electron chi connectivity index (χ0n) is 18.3. The maximum Gasteiger partial charge on any atom is 0.407 e. The Morgan fingerprint density at radius 3 is 2.59 bits per heavy atom. The maximum atomic E-state index is 12.6. The highest BCUT2D eigenvalue weighted by Gasteiger charge is 2.22. The molecule has 0 fully saturated rings. The SMILES string of the molecule is CC(C)(C)OC(=O)NCc1cccc(CNC(=O)c2nc3sc4c(c3c(=O)[nH]2)CCC4)c1. The van der Waals surface area contributed by atoms with E-state index in [9.17, 15) is 14.4 Å². The second-order valence-electron chi connectivity index (χ2n) is 8.81. The average molecular weight is 455 g/mol. The molecule has 0 spiro atoms. The summed E-state index contributed by atoms with van der Waals surface area (Å²) in [7, 11) is 0. The minimum Gasteiger partial charge on any atom is -0.444 e. The minimum absolute atomic E-state index is 0.0187. The molecule has 0 radical (unpaired) electrons. The predicted molar refractivity (Wildman–Crippen MR) is 123 cm³/mol. The Morgan fingerprint density at radius 1 is 1.16 bits per heavy atom. The van der Waals surface area contributed by atoms with Crippen molar-refractivity contribution in [2.45, 2.75) is 58.7 Å². The van der Waals surface area contributed by atoms with Crippen LogP contribution in [0.3, 0.4) is 0 Å². The van der Waals surface area contributed by atoms with E-state index in [4.69, 9.17) is 4.74 Å². The topological polar surface area (TPSA) is 113 Å². The summed E-state index contributed by atoms with van der Waals surface area (Å²) >= 11 is 1.50. The third-order valence-corrected chi connectivity index (χ3v) is 6.26. The number of carbonyl (C=O) groups is 2. The maximum absolute atomic E-state index is 12.6. The van der Waals surface area contributed by atoms with E-state index in [2.05, 4.69) is 20.6 Å². The van der Waals surface area contributed by atoms with Crippen LogP contribution in [0.25, 0.3) is 10.2 Å². The quantitative estimate of drug-likeness (QED) is 0.547. The van der Waals surface area contributed by atoms with Crippen LogP contribution < -0.4 is 16.2 Å². The van der Waals surface area contributed by atoms with Gasteiger partial charge in [-0.05, 0) is 56.7 Å². The number of carbonyl (C=O) groups excluding carboxylic acids is 2. The summed E-state index contributed by atoms with van der Waals surface area (Å²) < 4.78 is 5.24. The van der Waals surface area contributed by atoms with Gasteiger partial charge in [0.2, 0.25) is 5.82 Å². The van der Waals surface area contributed by atoms with Gasteiger partial charge < -0.3 is 20.4 Å². The lowest BCUT2D eigenvalue weighted by Crippen LogP contribution is -2.32. The second kappa shape index (κ2) is 8.74. The molecule has 1 aliphatic carbocycles. The number of H-pyrrole nitrogens is 1. The number of hydrogen-bond acceptors (Lipinski definition) is 6. The molecule has 0 aliphatic heterocycles. The molecule has 1 aromatic carbocycles. The number of hydrogen-bond donors (Lipinski definition) is 3. The van der Waals surface area contributed by atoms with Crippen molar-refractivity contribution in [2.24, 2.45) is 0 Å². The van der Waals surface area contributed by atoms with Gasteiger partial charge in [0.25, 0.3) is 11.5 Å². The summed E-state index contributed by atoms with van der Waals surface area (Å²) in [6.07, 6.45) is 2.44. The fourth-order valence-corrected chi connectivity index (χ4v) is 4.98. The summed E-state index contributed by atoms with van der Waals surface area (Å²) in [5.74, 6) is -0.417. The molecule has 168 valence electrons. The van der Waals surface area contributed by atoms with Crippen molar-refractivity contribution in [1.29, 1.82) is 0 Å². The summed E-state index contributed by atoms with van der Waals surface area (Å²) in [5, 5.41) is 6.15. The standard InChI is InChI=1S/C23H26N4O4S/c1-23(2,3)31-22(30)25-12-14-7-4-6-13(10-14)11-24-20(29)18-26-19(28)17-15-8-5-9-16(15)32-21(17)27-18/h4,6-7,10H,5,8-9,11-12H2,1-3H3,(H,24,29)(H,25,30)(H,26,27,28). The Kier molecular flexibility index (Phi) is 6.01. The molecule has 4 rings (SSSR count). The van der Waals surface area contributed by atoms with Gasteiger partial charge >= 0.3 is 6.09 Å². The number of aromatic nitrogens is 2. The highest BCUT2D eigenvalue weighted by atomic mass is 32.1. The number of ether oxygens (including phenoxy) is 1. The first-order chi connectivity index (χ1) is 15.2. The van der Waals surface area contributed by atoms with Gasteiger partial charge in [0.15, 0.2) is 0 Å². The molecular formula is C23H26N4O4S. The van der Waals surface area contributed by atoms with E-state index >= 15 is 0 Å². The van der Waals surface area contributed by atoms with E-state index in [-0.39, 0.29) is 17.9 Å². The van der Waals surface area contributed by atoms with Crippen LogP contribution >= 0.6 is 11.3 Å². The van der Waals surface area contributed by atoms with E-state index in [0.29, 0.717) is 16.8 Å². The molecule has 0 atom stereocenters. The molecule has 2 amide bonds. The molecule has 8 nitrogen and oxygen atoms in total. The second-order valence-corrected chi connectivity index (χ2v) is 9.89. The minimum atomic E-state index is -0.558. The number of thiophene rings is 1. The van der Waals surface area contributed by atoms with Gasteiger partial charge in [-0.3, -0.25) is 9.59 Å². The number of nitrogens with one attached hydrogen (secondary N) is 3. The molecule has 0 unspecified atom stereocenters. The zero-order chi connectivity index (χ0) is 22.9. The summed E-state index contributed by atoms with van der Waals surface area (Å²) in [5.41, 5.74) is 2.01. The van der Waals surface area contributed by atoms with Crippen LogP contribution in [0.4, 0.5) is 4.79 Å². The molecule has 2 heterocycles. The monoisotopic (exact) mass is 454 g/mol. The molecule has 32 heavy (non-hydrogen) atoms. The van der Waals surface area contributed by atoms with E-state index < -0.39 is 17.6 Å². The van der Waals surface area contributed by atoms with Crippen LogP contribution in [-0.2, 0) is 30.7 Å². The molecule has 2 aromatic heterocycles. The lowest BCUT2D eigenvalue weighted by Gasteiger charge is -2.19. The lowest BCUT2D eigenvalue weighted by atomic mass is 10.1. The van der Waals surface area contributed by atoms with Gasteiger partial charge in [-0.15, -0.1) is 11.3 Å². The predicted octanol–water partition coefficient (Wildman–Crippen LogP) is 3.43. The Morgan fingerprint density at radius 2 is 1.88 bits per heavy atom. The molecule has 0 saturated heterocycles. The summed E-state index contributed by atoms with van der Waals surface area (Å²) in [4.78, 5) is 45.8. The zero-order valence-corrected chi connectivity index (χ0v) is 19.1. The first kappa shape index (κ1) is 22.0. The molecule has 0 saturated carbocycles. The van der Waals surface area contributed by atoms with Gasteiger partial charge in [0.1, 0.15) is 10.4 Å². The Bertz CT molecular complexity index is 1240. The van der Waals surface area contributed by atoms with Crippen LogP contribution in [0.2, 0.25) is 0 Å². The van der Waals surface area contributed by atoms with Gasteiger partial charge in [-0.2, -0.15) is 0 Å². The van der Waals surface area contributed by atoms with Crippen LogP contribution in [0.5, 0.6) is 0 Å². The van der Waals surface area contributed by atoms with Gasteiger partial charge in [-0.1, -0.05) is 24.3 Å². The number of nitrogens with zero attached hydrogens (tertiary/aromatic N) is 1. The first-order valence-corrected chi connectivity index (χ1v) is 11.4. The van der Waals surface area contributed by atoms with E-state index in [1.54, 1.807) is 20.8 Å². The molecule has 0 bridgehead atoms. The van der Waals surface area contributed by atoms with Crippen molar-refractivity contribution < 1.29 is 14.3 Å². The highest BCUT2D eigenvalue weighted by molar-refractivity contribution is 7.18. The van der Waals surface area contributed by atoms with E-state index in [1.165, 1.54) is 16.2 Å². The van der Waals surface area contributed by atoms with Crippen LogP contribution in [0, 0.1) is 0 Å². The van der Waals surface area contributed by atoms with Gasteiger partial charge in [-0.25, -0.2) is 9.78 Å². The van der Waals surface area contributed by atoms with Crippen LogP contribution in [-0.4, -0.2) is 27.6 Å². The first-order valence-electron chi connectivity index (χ1n) is 10.6. The van der Waals surface area contributed by atoms with E-state index in [0.717, 1.165) is 36.0 Å². The summed E-state index contributed by atoms with van der Waals surface area (Å²) in [6, 6.07) is 7.50. The average Bonchev–Trinajstić information content (AvgIpc) is 3.30. The smallest absolute Gasteiger partial charge is 0.407 e.